The first-order valence-corrected chi connectivity index (χ1v) is 11.0. The number of benzene rings is 3. The summed E-state index contributed by atoms with van der Waals surface area (Å²) in [6.07, 6.45) is 5.47. The molecule has 0 bridgehead atoms. The Balaban J connectivity index is 0.000000189. The van der Waals surface area contributed by atoms with Crippen molar-refractivity contribution in [1.29, 1.82) is 0 Å². The maximum atomic E-state index is 4.57. The van der Waals surface area contributed by atoms with Gasteiger partial charge in [-0.2, -0.15) is 0 Å². The Morgan fingerprint density at radius 1 is 0.514 bits per heavy atom. The van der Waals surface area contributed by atoms with Crippen LogP contribution in [0.4, 0.5) is 0 Å². The molecule has 0 saturated carbocycles. The Labute approximate surface area is 218 Å². The molecule has 0 aliphatic carbocycles. The van der Waals surface area contributed by atoms with Gasteiger partial charge in [-0.25, -0.2) is 0 Å². The first-order valence-electron chi connectivity index (χ1n) is 11.0. The summed E-state index contributed by atoms with van der Waals surface area (Å²) in [5.41, 5.74) is 5.96. The monoisotopic (exact) mass is 628 g/mol. The van der Waals surface area contributed by atoms with Gasteiger partial charge >= 0.3 is 0 Å². The molecule has 0 aliphatic heterocycles. The van der Waals surface area contributed by atoms with Crippen molar-refractivity contribution in [3.63, 3.8) is 0 Å². The van der Waals surface area contributed by atoms with Gasteiger partial charge in [0.15, 0.2) is 0 Å². The second kappa shape index (κ2) is 11.9. The van der Waals surface area contributed by atoms with Crippen molar-refractivity contribution in [2.45, 2.75) is 0 Å². The number of hydrogen-bond donors (Lipinski definition) is 0. The molecule has 0 saturated heterocycles. The molecule has 3 aromatic carbocycles. The molecule has 171 valence electrons. The molecule has 0 spiro atoms. The number of hydrogen-bond acceptors (Lipinski definition) is 3. The van der Waals surface area contributed by atoms with Crippen LogP contribution < -0.4 is 0 Å². The average molecular weight is 628 g/mol. The van der Waals surface area contributed by atoms with E-state index in [1.807, 2.05) is 103 Å². The van der Waals surface area contributed by atoms with Gasteiger partial charge < -0.3 is 9.97 Å². The van der Waals surface area contributed by atoms with Crippen molar-refractivity contribution in [3.05, 3.63) is 140 Å². The third kappa shape index (κ3) is 5.93. The fourth-order valence-corrected chi connectivity index (χ4v) is 3.70. The van der Waals surface area contributed by atoms with E-state index in [0.717, 1.165) is 39.2 Å². The Bertz CT molecular complexity index is 1450. The Morgan fingerprint density at radius 2 is 1.17 bits per heavy atom. The predicted octanol–water partition coefficient (Wildman–Crippen LogP) is 7.31. The summed E-state index contributed by atoms with van der Waals surface area (Å²) in [5, 5.41) is 2.34. The van der Waals surface area contributed by atoms with Crippen LogP contribution in [0.15, 0.2) is 128 Å². The molecule has 0 atom stereocenters. The summed E-state index contributed by atoms with van der Waals surface area (Å²) in [4.78, 5) is 13.2. The van der Waals surface area contributed by atoms with Gasteiger partial charge in [0.1, 0.15) is 0 Å². The smallest absolute Gasteiger partial charge is 0.0773 e. The standard InChI is InChI=1S/C20H13N2.C11H8N.Ir/c1-2-7-16(8-3-1)19-14-17(11-12-21-19)20-18-9-5-4-6-15(18)10-13-22-20;1-2-6-10(7-3-1)11-8-4-5-9-12-11;/h1-7,9-14H;1-6,8-9H;/q2*-1;. The molecular formula is C31H21IrN3-2. The van der Waals surface area contributed by atoms with E-state index in [-0.39, 0.29) is 20.1 Å². The van der Waals surface area contributed by atoms with Crippen LogP contribution in [0, 0.1) is 12.1 Å². The molecule has 4 heteroatoms. The number of pyridine rings is 3. The Kier molecular flexibility index (Phi) is 8.24. The summed E-state index contributed by atoms with van der Waals surface area (Å²) in [5.74, 6) is 0. The zero-order chi connectivity index (χ0) is 23.0. The van der Waals surface area contributed by atoms with Crippen LogP contribution in [0.1, 0.15) is 0 Å². The molecule has 1 radical (unpaired) electrons. The zero-order valence-electron chi connectivity index (χ0n) is 18.8. The van der Waals surface area contributed by atoms with Gasteiger partial charge in [-0.15, -0.1) is 71.8 Å². The second-order valence-electron chi connectivity index (χ2n) is 7.58. The largest absolute Gasteiger partial charge is 0.305 e. The van der Waals surface area contributed by atoms with Gasteiger partial charge in [0.05, 0.1) is 5.69 Å². The van der Waals surface area contributed by atoms with Crippen LogP contribution in [-0.2, 0) is 20.1 Å². The van der Waals surface area contributed by atoms with Gasteiger partial charge in [-0.3, -0.25) is 4.98 Å². The minimum atomic E-state index is 0. The fourth-order valence-electron chi connectivity index (χ4n) is 3.70. The molecule has 0 N–H and O–H groups in total. The minimum Gasteiger partial charge on any atom is -0.305 e. The van der Waals surface area contributed by atoms with E-state index in [1.165, 1.54) is 5.39 Å². The molecule has 0 fully saturated rings. The van der Waals surface area contributed by atoms with Crippen LogP contribution in [0.3, 0.4) is 0 Å². The minimum absolute atomic E-state index is 0. The summed E-state index contributed by atoms with van der Waals surface area (Å²) >= 11 is 0. The van der Waals surface area contributed by atoms with Crippen molar-refractivity contribution in [3.8, 4) is 33.8 Å². The second-order valence-corrected chi connectivity index (χ2v) is 7.58. The quantitative estimate of drug-likeness (QED) is 0.193. The zero-order valence-corrected chi connectivity index (χ0v) is 21.2. The maximum absolute atomic E-state index is 4.57. The topological polar surface area (TPSA) is 38.7 Å². The van der Waals surface area contributed by atoms with E-state index >= 15 is 0 Å². The molecule has 3 aromatic heterocycles. The Hall–Kier alpha value is -3.98. The van der Waals surface area contributed by atoms with Crippen molar-refractivity contribution in [1.82, 2.24) is 15.0 Å². The van der Waals surface area contributed by atoms with Crippen molar-refractivity contribution >= 4 is 10.8 Å². The van der Waals surface area contributed by atoms with Crippen LogP contribution in [0.2, 0.25) is 0 Å². The average Bonchev–Trinajstić information content (AvgIpc) is 2.95. The molecule has 3 nitrogen and oxygen atoms in total. The number of fused-ring (bicyclic) bond motifs is 1. The summed E-state index contributed by atoms with van der Waals surface area (Å²) in [7, 11) is 0. The number of nitrogens with zero attached hydrogens (tertiary/aromatic N) is 3. The predicted molar refractivity (Wildman–Crippen MR) is 138 cm³/mol. The maximum Gasteiger partial charge on any atom is 0.0773 e. The molecular weight excluding hydrogens is 607 g/mol. The van der Waals surface area contributed by atoms with Crippen LogP contribution in [-0.4, -0.2) is 15.0 Å². The normalized spacial score (nSPS) is 10.1. The SMILES string of the molecule is [Ir].[c-]1ccccc1-c1cc(-c2nccc3ccccc23)ccn1.[c-]1ccccc1-c1ccccn1. The van der Waals surface area contributed by atoms with E-state index in [4.69, 9.17) is 0 Å². The fraction of sp³-hybridized carbons (Fsp3) is 0. The Morgan fingerprint density at radius 3 is 1.89 bits per heavy atom. The van der Waals surface area contributed by atoms with Gasteiger partial charge in [-0.1, -0.05) is 42.5 Å². The first-order chi connectivity index (χ1) is 16.9. The van der Waals surface area contributed by atoms with Crippen molar-refractivity contribution < 1.29 is 20.1 Å². The molecule has 3 heterocycles. The molecule has 35 heavy (non-hydrogen) atoms. The molecule has 0 amide bonds. The van der Waals surface area contributed by atoms with Crippen molar-refractivity contribution in [2.24, 2.45) is 0 Å². The van der Waals surface area contributed by atoms with Gasteiger partial charge in [0.25, 0.3) is 0 Å². The number of rotatable bonds is 3. The van der Waals surface area contributed by atoms with Crippen LogP contribution in [0.5, 0.6) is 0 Å². The summed E-state index contributed by atoms with van der Waals surface area (Å²) < 4.78 is 0. The molecule has 0 unspecified atom stereocenters. The first kappa shape index (κ1) is 24.2. The van der Waals surface area contributed by atoms with Gasteiger partial charge in [0, 0.05) is 44.1 Å². The summed E-state index contributed by atoms with van der Waals surface area (Å²) in [6.45, 7) is 0. The molecule has 0 aliphatic rings. The van der Waals surface area contributed by atoms with Crippen LogP contribution >= 0.6 is 0 Å². The van der Waals surface area contributed by atoms with E-state index in [2.05, 4.69) is 45.3 Å². The molecule has 6 aromatic rings. The van der Waals surface area contributed by atoms with E-state index in [0.29, 0.717) is 0 Å². The third-order valence-corrected chi connectivity index (χ3v) is 5.34. The summed E-state index contributed by atoms with van der Waals surface area (Å²) in [6, 6.07) is 42.3. The van der Waals surface area contributed by atoms with E-state index in [1.54, 1.807) is 6.20 Å². The van der Waals surface area contributed by atoms with E-state index < -0.39 is 0 Å². The van der Waals surface area contributed by atoms with Gasteiger partial charge in [-0.05, 0) is 40.5 Å². The molecule has 6 rings (SSSR count). The van der Waals surface area contributed by atoms with Gasteiger partial charge in [0.2, 0.25) is 0 Å². The third-order valence-electron chi connectivity index (χ3n) is 5.34. The van der Waals surface area contributed by atoms with Crippen LogP contribution in [0.25, 0.3) is 44.5 Å². The van der Waals surface area contributed by atoms with Crippen molar-refractivity contribution in [2.75, 3.05) is 0 Å². The van der Waals surface area contributed by atoms with E-state index in [9.17, 15) is 0 Å². The number of aromatic nitrogens is 3.